The van der Waals surface area contributed by atoms with Gasteiger partial charge in [-0.3, -0.25) is 14.3 Å². The third kappa shape index (κ3) is 4.54. The first-order valence-corrected chi connectivity index (χ1v) is 11.3. The van der Waals surface area contributed by atoms with Gasteiger partial charge in [0.05, 0.1) is 19.3 Å². The molecule has 34 heavy (non-hydrogen) atoms. The molecule has 3 aromatic rings. The summed E-state index contributed by atoms with van der Waals surface area (Å²) >= 11 is 0. The predicted octanol–water partition coefficient (Wildman–Crippen LogP) is 3.13. The Morgan fingerprint density at radius 1 is 1.12 bits per heavy atom. The van der Waals surface area contributed by atoms with E-state index in [1.165, 1.54) is 0 Å². The van der Waals surface area contributed by atoms with Gasteiger partial charge in [0.2, 0.25) is 5.91 Å². The van der Waals surface area contributed by atoms with Gasteiger partial charge in [0.15, 0.2) is 0 Å². The number of hydrogen-bond donors (Lipinski definition) is 1. The number of fused-ring (bicyclic) bond motifs is 1. The summed E-state index contributed by atoms with van der Waals surface area (Å²) in [4.78, 5) is 28.8. The smallest absolute Gasteiger partial charge is 0.273 e. The monoisotopic (exact) mass is 462 g/mol. The number of rotatable bonds is 9. The fraction of sp³-hybridized carbons (Fsp3) is 0.346. The van der Waals surface area contributed by atoms with E-state index in [9.17, 15) is 9.59 Å². The SMILES string of the molecule is COCCCN1C(=O)c2cc(-c3ccccc3)nn2C[C@@]1(C)C(=O)NCc1ccccc1OC. The van der Waals surface area contributed by atoms with Crippen molar-refractivity contribution >= 4 is 11.8 Å². The summed E-state index contributed by atoms with van der Waals surface area (Å²) in [6.07, 6.45) is 0.622. The third-order valence-corrected chi connectivity index (χ3v) is 6.22. The number of nitrogens with zero attached hydrogens (tertiary/aromatic N) is 3. The number of methoxy groups -OCH3 is 2. The number of aromatic nitrogens is 2. The number of carbonyl (C=O) groups is 2. The van der Waals surface area contributed by atoms with Crippen LogP contribution in [0, 0.1) is 0 Å². The summed E-state index contributed by atoms with van der Waals surface area (Å²) in [5, 5.41) is 7.68. The zero-order chi connectivity index (χ0) is 24.1. The lowest BCUT2D eigenvalue weighted by Crippen LogP contribution is -2.64. The Labute approximate surface area is 199 Å². The van der Waals surface area contributed by atoms with Gasteiger partial charge in [0.1, 0.15) is 17.0 Å². The molecule has 1 aliphatic heterocycles. The Hall–Kier alpha value is -3.65. The van der Waals surface area contributed by atoms with E-state index < -0.39 is 5.54 Å². The second-order valence-corrected chi connectivity index (χ2v) is 8.51. The fourth-order valence-electron chi connectivity index (χ4n) is 4.32. The number of amides is 2. The van der Waals surface area contributed by atoms with Gasteiger partial charge in [-0.1, -0.05) is 48.5 Å². The molecule has 2 heterocycles. The molecule has 2 amide bonds. The summed E-state index contributed by atoms with van der Waals surface area (Å²) < 4.78 is 12.2. The molecule has 178 valence electrons. The average Bonchev–Trinajstić information content (AvgIpc) is 3.29. The molecule has 0 spiro atoms. The highest BCUT2D eigenvalue weighted by Crippen LogP contribution is 2.30. The molecule has 0 aliphatic carbocycles. The Kier molecular flexibility index (Phi) is 6.98. The number of benzene rings is 2. The molecule has 1 N–H and O–H groups in total. The van der Waals surface area contributed by atoms with E-state index in [1.54, 1.807) is 36.8 Å². The highest BCUT2D eigenvalue weighted by molar-refractivity contribution is 6.00. The van der Waals surface area contributed by atoms with Gasteiger partial charge < -0.3 is 19.7 Å². The van der Waals surface area contributed by atoms with Gasteiger partial charge in [0, 0.05) is 37.9 Å². The summed E-state index contributed by atoms with van der Waals surface area (Å²) in [6.45, 7) is 3.24. The zero-order valence-electron chi connectivity index (χ0n) is 19.8. The molecule has 0 bridgehead atoms. The lowest BCUT2D eigenvalue weighted by atomic mass is 9.94. The standard InChI is InChI=1S/C26H30N4O4/c1-26(25(32)27-17-20-12-7-8-13-23(20)34-3)18-30-22(24(31)29(26)14-9-15-33-2)16-21(28-30)19-10-5-4-6-11-19/h4-8,10-13,16H,9,14-15,17-18H2,1-3H3,(H,27,32)/t26-/m0/s1. The van der Waals surface area contributed by atoms with Crippen LogP contribution in [0.5, 0.6) is 5.75 Å². The van der Waals surface area contributed by atoms with Crippen molar-refractivity contribution in [2.75, 3.05) is 27.4 Å². The zero-order valence-corrected chi connectivity index (χ0v) is 19.8. The largest absolute Gasteiger partial charge is 0.496 e. The van der Waals surface area contributed by atoms with E-state index in [0.717, 1.165) is 11.1 Å². The number of para-hydroxylation sites is 1. The summed E-state index contributed by atoms with van der Waals surface area (Å²) in [6, 6.07) is 19.0. The molecule has 1 aromatic heterocycles. The van der Waals surface area contributed by atoms with Gasteiger partial charge >= 0.3 is 0 Å². The van der Waals surface area contributed by atoms with Crippen molar-refractivity contribution in [2.45, 2.75) is 32.0 Å². The number of ether oxygens (including phenoxy) is 2. The molecular formula is C26H30N4O4. The van der Waals surface area contributed by atoms with Crippen LogP contribution in [0.25, 0.3) is 11.3 Å². The average molecular weight is 463 g/mol. The molecule has 4 rings (SSSR count). The van der Waals surface area contributed by atoms with Crippen molar-refractivity contribution in [2.24, 2.45) is 0 Å². The van der Waals surface area contributed by atoms with Crippen LogP contribution in [0.2, 0.25) is 0 Å². The first-order valence-electron chi connectivity index (χ1n) is 11.3. The molecular weight excluding hydrogens is 432 g/mol. The molecule has 0 saturated carbocycles. The van der Waals surface area contributed by atoms with Crippen molar-refractivity contribution < 1.29 is 19.1 Å². The molecule has 1 aliphatic rings. The van der Waals surface area contributed by atoms with Crippen molar-refractivity contribution in [1.29, 1.82) is 0 Å². The maximum absolute atomic E-state index is 13.6. The van der Waals surface area contributed by atoms with E-state index in [2.05, 4.69) is 10.4 Å². The van der Waals surface area contributed by atoms with Crippen molar-refractivity contribution in [1.82, 2.24) is 20.0 Å². The Balaban J connectivity index is 1.62. The first-order chi connectivity index (χ1) is 16.5. The van der Waals surface area contributed by atoms with Crippen LogP contribution in [-0.4, -0.2) is 59.4 Å². The Bertz CT molecular complexity index is 1160. The Morgan fingerprint density at radius 3 is 2.59 bits per heavy atom. The van der Waals surface area contributed by atoms with Gasteiger partial charge in [-0.05, 0) is 25.5 Å². The van der Waals surface area contributed by atoms with E-state index in [-0.39, 0.29) is 18.4 Å². The minimum atomic E-state index is -1.11. The molecule has 8 heteroatoms. The fourth-order valence-corrected chi connectivity index (χ4v) is 4.32. The minimum Gasteiger partial charge on any atom is -0.496 e. The number of hydrogen-bond acceptors (Lipinski definition) is 5. The van der Waals surface area contributed by atoms with E-state index in [1.807, 2.05) is 54.6 Å². The molecule has 0 fully saturated rings. The van der Waals surface area contributed by atoms with Crippen LogP contribution >= 0.6 is 0 Å². The van der Waals surface area contributed by atoms with E-state index >= 15 is 0 Å². The van der Waals surface area contributed by atoms with Crippen LogP contribution in [-0.2, 0) is 22.6 Å². The van der Waals surface area contributed by atoms with Crippen LogP contribution < -0.4 is 10.1 Å². The number of carbonyl (C=O) groups excluding carboxylic acids is 2. The van der Waals surface area contributed by atoms with Gasteiger partial charge in [-0.2, -0.15) is 5.10 Å². The van der Waals surface area contributed by atoms with Crippen LogP contribution in [0.3, 0.4) is 0 Å². The van der Waals surface area contributed by atoms with Gasteiger partial charge in [-0.15, -0.1) is 0 Å². The van der Waals surface area contributed by atoms with Crippen molar-refractivity contribution in [3.8, 4) is 17.0 Å². The highest BCUT2D eigenvalue weighted by Gasteiger charge is 2.47. The van der Waals surface area contributed by atoms with Crippen molar-refractivity contribution in [3.63, 3.8) is 0 Å². The first kappa shape index (κ1) is 23.5. The van der Waals surface area contributed by atoms with E-state index in [0.29, 0.717) is 43.3 Å². The number of nitrogens with one attached hydrogen (secondary N) is 1. The lowest BCUT2D eigenvalue weighted by Gasteiger charge is -2.43. The third-order valence-electron chi connectivity index (χ3n) is 6.22. The summed E-state index contributed by atoms with van der Waals surface area (Å²) in [5.41, 5.74) is 1.86. The summed E-state index contributed by atoms with van der Waals surface area (Å²) in [7, 11) is 3.22. The highest BCUT2D eigenvalue weighted by atomic mass is 16.5. The second-order valence-electron chi connectivity index (χ2n) is 8.51. The molecule has 0 radical (unpaired) electrons. The van der Waals surface area contributed by atoms with Crippen molar-refractivity contribution in [3.05, 3.63) is 71.9 Å². The Morgan fingerprint density at radius 2 is 1.85 bits per heavy atom. The minimum absolute atomic E-state index is 0.216. The van der Waals surface area contributed by atoms with Crippen LogP contribution in [0.1, 0.15) is 29.4 Å². The van der Waals surface area contributed by atoms with Crippen LogP contribution in [0.4, 0.5) is 0 Å². The van der Waals surface area contributed by atoms with Gasteiger partial charge in [-0.25, -0.2) is 0 Å². The van der Waals surface area contributed by atoms with Gasteiger partial charge in [0.25, 0.3) is 5.91 Å². The quantitative estimate of drug-likeness (QED) is 0.494. The maximum atomic E-state index is 13.6. The summed E-state index contributed by atoms with van der Waals surface area (Å²) in [5.74, 6) is 0.241. The lowest BCUT2D eigenvalue weighted by molar-refractivity contribution is -0.133. The normalized spacial score (nSPS) is 17.4. The molecule has 0 unspecified atom stereocenters. The molecule has 1 atom stereocenters. The van der Waals surface area contributed by atoms with Crippen LogP contribution in [0.15, 0.2) is 60.7 Å². The second kappa shape index (κ2) is 10.1. The maximum Gasteiger partial charge on any atom is 0.273 e. The topological polar surface area (TPSA) is 85.7 Å². The predicted molar refractivity (Wildman–Crippen MR) is 128 cm³/mol. The molecule has 2 aromatic carbocycles. The molecule has 8 nitrogen and oxygen atoms in total. The molecule has 0 saturated heterocycles. The van der Waals surface area contributed by atoms with E-state index in [4.69, 9.17) is 9.47 Å².